The quantitative estimate of drug-likeness (QED) is 0.651. The van der Waals surface area contributed by atoms with Crippen LogP contribution in [0.5, 0.6) is 0 Å². The highest BCUT2D eigenvalue weighted by atomic mass is 16.5. The second-order valence-corrected chi connectivity index (χ2v) is 6.80. The van der Waals surface area contributed by atoms with Gasteiger partial charge < -0.3 is 14.6 Å². The van der Waals surface area contributed by atoms with Gasteiger partial charge in [0.2, 0.25) is 0 Å². The number of fused-ring (bicyclic) bond motifs is 1. The van der Waals surface area contributed by atoms with Crippen LogP contribution in [0, 0.1) is 0 Å². The fraction of sp³-hybridized carbons (Fsp3) is 0.273. The van der Waals surface area contributed by atoms with Gasteiger partial charge in [-0.1, -0.05) is 48.5 Å². The molecule has 0 aliphatic carbocycles. The van der Waals surface area contributed by atoms with Crippen molar-refractivity contribution in [3.8, 4) is 0 Å². The van der Waals surface area contributed by atoms with Crippen LogP contribution < -0.4 is 0 Å². The van der Waals surface area contributed by atoms with E-state index in [1.807, 2.05) is 74.6 Å². The van der Waals surface area contributed by atoms with Crippen molar-refractivity contribution in [1.82, 2.24) is 9.88 Å². The molecule has 1 amide bonds. The van der Waals surface area contributed by atoms with E-state index in [0.29, 0.717) is 6.54 Å². The number of ether oxygens (including phenoxy) is 1. The third-order valence-corrected chi connectivity index (χ3v) is 4.51. The van der Waals surface area contributed by atoms with Crippen LogP contribution in [-0.4, -0.2) is 34.4 Å². The molecule has 27 heavy (non-hydrogen) atoms. The van der Waals surface area contributed by atoms with Crippen molar-refractivity contribution >= 4 is 22.8 Å². The third-order valence-electron chi connectivity index (χ3n) is 4.51. The highest BCUT2D eigenvalue weighted by Gasteiger charge is 2.19. The molecule has 5 nitrogen and oxygen atoms in total. The molecule has 3 rings (SSSR count). The lowest BCUT2D eigenvalue weighted by Crippen LogP contribution is -2.39. The Kier molecular flexibility index (Phi) is 5.91. The largest absolute Gasteiger partial charge is 0.455 e. The monoisotopic (exact) mass is 364 g/mol. The molecule has 0 unspecified atom stereocenters. The number of rotatable bonds is 7. The Morgan fingerprint density at radius 2 is 1.74 bits per heavy atom. The molecular weight excluding hydrogens is 340 g/mol. The van der Waals surface area contributed by atoms with Crippen LogP contribution >= 0.6 is 0 Å². The van der Waals surface area contributed by atoms with Gasteiger partial charge in [-0.25, -0.2) is 0 Å². The minimum absolute atomic E-state index is 0.0185. The zero-order chi connectivity index (χ0) is 19.2. The number of hydrogen-bond donors (Lipinski definition) is 1. The normalized spacial score (nSPS) is 10.9. The molecule has 0 bridgehead atoms. The summed E-state index contributed by atoms with van der Waals surface area (Å²) >= 11 is 0. The third kappa shape index (κ3) is 4.76. The van der Waals surface area contributed by atoms with Crippen molar-refractivity contribution in [1.29, 1.82) is 0 Å². The number of nitrogens with one attached hydrogen (secondary N) is 1. The molecule has 0 spiro atoms. The van der Waals surface area contributed by atoms with Crippen LogP contribution in [0.3, 0.4) is 0 Å². The number of nitrogens with zero attached hydrogens (tertiary/aromatic N) is 1. The summed E-state index contributed by atoms with van der Waals surface area (Å²) in [6, 6.07) is 17.6. The number of para-hydroxylation sites is 1. The van der Waals surface area contributed by atoms with E-state index in [1.54, 1.807) is 4.90 Å². The lowest BCUT2D eigenvalue weighted by atomic mass is 10.1. The average Bonchev–Trinajstić information content (AvgIpc) is 3.08. The number of aromatic nitrogens is 1. The Morgan fingerprint density at radius 3 is 2.48 bits per heavy atom. The first kappa shape index (κ1) is 18.7. The number of H-pyrrole nitrogens is 1. The van der Waals surface area contributed by atoms with Crippen molar-refractivity contribution < 1.29 is 14.3 Å². The Balaban J connectivity index is 1.57. The second kappa shape index (κ2) is 8.54. The van der Waals surface area contributed by atoms with Crippen LogP contribution in [0.1, 0.15) is 25.0 Å². The van der Waals surface area contributed by atoms with E-state index in [1.165, 1.54) is 0 Å². The lowest BCUT2D eigenvalue weighted by molar-refractivity contribution is -0.152. The number of carbonyl (C=O) groups excluding carboxylic acids is 2. The van der Waals surface area contributed by atoms with E-state index >= 15 is 0 Å². The Morgan fingerprint density at radius 1 is 1.04 bits per heavy atom. The predicted octanol–water partition coefficient (Wildman–Crippen LogP) is 3.69. The zero-order valence-electron chi connectivity index (χ0n) is 15.6. The summed E-state index contributed by atoms with van der Waals surface area (Å²) in [5.41, 5.74) is 2.89. The van der Waals surface area contributed by atoms with Crippen molar-refractivity contribution in [2.45, 2.75) is 32.9 Å². The molecule has 5 heteroatoms. The van der Waals surface area contributed by atoms with E-state index in [0.717, 1.165) is 22.0 Å². The zero-order valence-corrected chi connectivity index (χ0v) is 15.6. The molecular formula is C22H24N2O3. The van der Waals surface area contributed by atoms with E-state index < -0.39 is 5.97 Å². The van der Waals surface area contributed by atoms with Gasteiger partial charge in [-0.15, -0.1) is 0 Å². The van der Waals surface area contributed by atoms with Gasteiger partial charge in [0.15, 0.2) is 6.61 Å². The molecule has 0 fully saturated rings. The first-order valence-electron chi connectivity index (χ1n) is 9.08. The number of benzene rings is 2. The molecule has 0 saturated carbocycles. The minimum atomic E-state index is -0.406. The number of aromatic amines is 1. The summed E-state index contributed by atoms with van der Waals surface area (Å²) in [6.07, 6.45) is 1.95. The minimum Gasteiger partial charge on any atom is -0.455 e. The maximum absolute atomic E-state index is 12.6. The van der Waals surface area contributed by atoms with Crippen molar-refractivity contribution in [2.24, 2.45) is 0 Å². The van der Waals surface area contributed by atoms with E-state index in [2.05, 4.69) is 4.98 Å². The second-order valence-electron chi connectivity index (χ2n) is 6.80. The molecule has 3 aromatic rings. The van der Waals surface area contributed by atoms with Gasteiger partial charge in [-0.05, 0) is 31.0 Å². The molecule has 2 aromatic carbocycles. The maximum Gasteiger partial charge on any atom is 0.310 e. The van der Waals surface area contributed by atoms with Gasteiger partial charge in [0.1, 0.15) is 0 Å². The van der Waals surface area contributed by atoms with Gasteiger partial charge in [-0.3, -0.25) is 9.59 Å². The van der Waals surface area contributed by atoms with Crippen LogP contribution in [0.25, 0.3) is 10.9 Å². The molecule has 1 heterocycles. The number of hydrogen-bond acceptors (Lipinski definition) is 3. The summed E-state index contributed by atoms with van der Waals surface area (Å²) in [6.45, 7) is 4.16. The van der Waals surface area contributed by atoms with E-state index in [9.17, 15) is 9.59 Å². The van der Waals surface area contributed by atoms with Crippen molar-refractivity contribution in [3.05, 3.63) is 71.9 Å². The summed E-state index contributed by atoms with van der Waals surface area (Å²) in [4.78, 5) is 29.6. The van der Waals surface area contributed by atoms with Gasteiger partial charge in [0.25, 0.3) is 5.91 Å². The van der Waals surface area contributed by atoms with Crippen LogP contribution in [0.4, 0.5) is 0 Å². The number of amides is 1. The lowest BCUT2D eigenvalue weighted by Gasteiger charge is -2.26. The van der Waals surface area contributed by atoms with Crippen LogP contribution in [0.15, 0.2) is 60.8 Å². The number of carbonyl (C=O) groups is 2. The van der Waals surface area contributed by atoms with Gasteiger partial charge in [-0.2, -0.15) is 0 Å². The fourth-order valence-electron chi connectivity index (χ4n) is 3.05. The van der Waals surface area contributed by atoms with Crippen molar-refractivity contribution in [2.75, 3.05) is 6.61 Å². The van der Waals surface area contributed by atoms with Crippen LogP contribution in [-0.2, 0) is 27.3 Å². The molecule has 0 saturated heterocycles. The maximum atomic E-state index is 12.6. The predicted molar refractivity (Wildman–Crippen MR) is 105 cm³/mol. The van der Waals surface area contributed by atoms with E-state index in [-0.39, 0.29) is 25.0 Å². The molecule has 0 atom stereocenters. The summed E-state index contributed by atoms with van der Waals surface area (Å²) in [7, 11) is 0. The molecule has 140 valence electrons. The molecule has 1 aromatic heterocycles. The Labute approximate surface area is 158 Å². The van der Waals surface area contributed by atoms with Crippen molar-refractivity contribution in [3.63, 3.8) is 0 Å². The van der Waals surface area contributed by atoms with Crippen LogP contribution in [0.2, 0.25) is 0 Å². The Hall–Kier alpha value is -3.08. The van der Waals surface area contributed by atoms with Gasteiger partial charge in [0.05, 0.1) is 6.42 Å². The van der Waals surface area contributed by atoms with Gasteiger partial charge >= 0.3 is 5.97 Å². The smallest absolute Gasteiger partial charge is 0.310 e. The first-order chi connectivity index (χ1) is 13.0. The van der Waals surface area contributed by atoms with E-state index in [4.69, 9.17) is 4.74 Å². The fourth-order valence-corrected chi connectivity index (χ4v) is 3.05. The average molecular weight is 364 g/mol. The number of esters is 1. The SMILES string of the molecule is CC(C)N(Cc1ccccc1)C(=O)COC(=O)Cc1c[nH]c2ccccc12. The standard InChI is InChI=1S/C22H24N2O3/c1-16(2)24(14-17-8-4-3-5-9-17)21(25)15-27-22(26)12-18-13-23-20-11-7-6-10-19(18)20/h3-11,13,16,23H,12,14-15H2,1-2H3. The molecule has 0 aliphatic heterocycles. The first-order valence-corrected chi connectivity index (χ1v) is 9.08. The molecule has 1 N–H and O–H groups in total. The summed E-state index contributed by atoms with van der Waals surface area (Å²) < 4.78 is 5.25. The van der Waals surface area contributed by atoms with Gasteiger partial charge in [0, 0.05) is 29.7 Å². The highest BCUT2D eigenvalue weighted by Crippen LogP contribution is 2.18. The highest BCUT2D eigenvalue weighted by molar-refractivity contribution is 5.88. The molecule has 0 aliphatic rings. The Bertz CT molecular complexity index is 915. The summed E-state index contributed by atoms with van der Waals surface area (Å²) in [5.74, 6) is -0.599. The topological polar surface area (TPSA) is 62.4 Å². The summed E-state index contributed by atoms with van der Waals surface area (Å²) in [5, 5.41) is 0.994. The molecule has 0 radical (unpaired) electrons.